The number of pyridine rings is 1. The van der Waals surface area contributed by atoms with Gasteiger partial charge in [-0.1, -0.05) is 0 Å². The molecule has 0 bridgehead atoms. The number of nitrogens with zero attached hydrogens (tertiary/aromatic N) is 2. The Kier molecular flexibility index (Phi) is 6.17. The molecule has 0 atom stereocenters. The first-order chi connectivity index (χ1) is 15.5. The lowest BCUT2D eigenvalue weighted by Gasteiger charge is -2.24. The Morgan fingerprint density at radius 1 is 1.16 bits per heavy atom. The Morgan fingerprint density at radius 3 is 2.69 bits per heavy atom. The van der Waals surface area contributed by atoms with Gasteiger partial charge in [0.15, 0.2) is 11.5 Å². The minimum Gasteiger partial charge on any atom is -0.493 e. The van der Waals surface area contributed by atoms with Crippen LogP contribution in [0.5, 0.6) is 11.5 Å². The van der Waals surface area contributed by atoms with E-state index in [4.69, 9.17) is 19.2 Å². The van der Waals surface area contributed by atoms with Gasteiger partial charge in [-0.15, -0.1) is 0 Å². The predicted molar refractivity (Wildman–Crippen MR) is 128 cm³/mol. The number of rotatable bonds is 7. The fourth-order valence-electron chi connectivity index (χ4n) is 5.53. The van der Waals surface area contributed by atoms with Gasteiger partial charge < -0.3 is 24.4 Å². The zero-order chi connectivity index (χ0) is 22.1. The molecule has 2 fully saturated rings. The lowest BCUT2D eigenvalue weighted by Crippen LogP contribution is -2.27. The number of hydrogen-bond donors (Lipinski definition) is 1. The van der Waals surface area contributed by atoms with E-state index in [0.717, 1.165) is 67.8 Å². The summed E-state index contributed by atoms with van der Waals surface area (Å²) < 4.78 is 17.6. The fraction of sp³-hybridized carbons (Fsp3) is 0.654. The number of nitrogens with one attached hydrogen (secondary N) is 1. The van der Waals surface area contributed by atoms with Crippen molar-refractivity contribution in [2.45, 2.75) is 63.8 Å². The quantitative estimate of drug-likeness (QED) is 0.629. The van der Waals surface area contributed by atoms with Crippen molar-refractivity contribution in [3.8, 4) is 11.5 Å². The second-order valence-electron chi connectivity index (χ2n) is 10.2. The van der Waals surface area contributed by atoms with Gasteiger partial charge in [0.05, 0.1) is 19.2 Å². The summed E-state index contributed by atoms with van der Waals surface area (Å²) in [6, 6.07) is 4.19. The molecule has 0 radical (unpaired) electrons. The van der Waals surface area contributed by atoms with E-state index in [2.05, 4.69) is 36.2 Å². The van der Waals surface area contributed by atoms with Crippen molar-refractivity contribution in [3.63, 3.8) is 0 Å². The van der Waals surface area contributed by atoms with E-state index in [1.165, 1.54) is 42.9 Å². The largest absolute Gasteiger partial charge is 0.493 e. The van der Waals surface area contributed by atoms with Crippen molar-refractivity contribution < 1.29 is 14.2 Å². The van der Waals surface area contributed by atoms with Crippen molar-refractivity contribution in [3.05, 3.63) is 23.4 Å². The van der Waals surface area contributed by atoms with Gasteiger partial charge in [0.2, 0.25) is 0 Å². The molecule has 174 valence electrons. The van der Waals surface area contributed by atoms with Crippen molar-refractivity contribution >= 4 is 16.6 Å². The molecule has 2 saturated heterocycles. The number of anilines is 1. The number of benzene rings is 1. The third kappa shape index (κ3) is 4.40. The second kappa shape index (κ2) is 9.06. The molecule has 1 aromatic carbocycles. The summed E-state index contributed by atoms with van der Waals surface area (Å²) in [6.45, 7) is 10.4. The number of likely N-dealkylation sites (tertiary alicyclic amines) is 1. The Bertz CT molecular complexity index is 963. The molecule has 0 unspecified atom stereocenters. The van der Waals surface area contributed by atoms with Gasteiger partial charge in [-0.3, -0.25) is 4.98 Å². The maximum atomic E-state index is 6.21. The number of hydrogen-bond acceptors (Lipinski definition) is 6. The Balaban J connectivity index is 1.45. The van der Waals surface area contributed by atoms with E-state index in [1.807, 2.05) is 0 Å². The average molecular weight is 440 g/mol. The normalized spacial score (nSPS) is 21.0. The molecule has 4 heterocycles. The summed E-state index contributed by atoms with van der Waals surface area (Å²) in [5.74, 6) is 2.04. The van der Waals surface area contributed by atoms with Gasteiger partial charge in [-0.2, -0.15) is 0 Å². The maximum Gasteiger partial charge on any atom is 0.163 e. The number of ether oxygens (including phenoxy) is 3. The Morgan fingerprint density at radius 2 is 1.94 bits per heavy atom. The average Bonchev–Trinajstić information content (AvgIpc) is 3.43. The first-order valence-corrected chi connectivity index (χ1v) is 12.3. The zero-order valence-corrected chi connectivity index (χ0v) is 19.8. The molecule has 1 aromatic heterocycles. The summed E-state index contributed by atoms with van der Waals surface area (Å²) in [5, 5.41) is 4.90. The molecule has 0 spiro atoms. The summed E-state index contributed by atoms with van der Waals surface area (Å²) in [5.41, 5.74) is 4.86. The Hall–Kier alpha value is -2.05. The smallest absolute Gasteiger partial charge is 0.163 e. The molecule has 0 saturated carbocycles. The topological polar surface area (TPSA) is 55.9 Å². The van der Waals surface area contributed by atoms with Gasteiger partial charge in [-0.25, -0.2) is 0 Å². The van der Waals surface area contributed by atoms with Gasteiger partial charge in [0, 0.05) is 59.6 Å². The standard InChI is InChI=1S/C26H37N3O3/c1-26(2)17-20-24(18-7-13-31-14-8-18)27-21-16-23(22(30-3)15-19(21)25(20)28-26)32-12-6-11-29-9-4-5-10-29/h15-16,18,28H,4-14,17H2,1-3H3. The highest BCUT2D eigenvalue weighted by Crippen LogP contribution is 2.45. The van der Waals surface area contributed by atoms with Crippen LogP contribution in [-0.4, -0.2) is 62.0 Å². The van der Waals surface area contributed by atoms with Gasteiger partial charge in [-0.05, 0) is 71.5 Å². The van der Waals surface area contributed by atoms with Gasteiger partial charge in [0.1, 0.15) is 0 Å². The molecule has 1 N–H and O–H groups in total. The molecule has 0 aliphatic carbocycles. The molecule has 0 amide bonds. The van der Waals surface area contributed by atoms with Crippen LogP contribution in [0.3, 0.4) is 0 Å². The van der Waals surface area contributed by atoms with Gasteiger partial charge >= 0.3 is 0 Å². The highest BCUT2D eigenvalue weighted by atomic mass is 16.5. The van der Waals surface area contributed by atoms with E-state index in [1.54, 1.807) is 7.11 Å². The highest BCUT2D eigenvalue weighted by molar-refractivity contribution is 5.97. The van der Waals surface area contributed by atoms with Crippen LogP contribution in [0.15, 0.2) is 12.1 Å². The van der Waals surface area contributed by atoms with E-state index >= 15 is 0 Å². The van der Waals surface area contributed by atoms with Crippen molar-refractivity contribution in [2.24, 2.45) is 0 Å². The van der Waals surface area contributed by atoms with Crippen LogP contribution >= 0.6 is 0 Å². The van der Waals surface area contributed by atoms with E-state index in [-0.39, 0.29) is 5.54 Å². The van der Waals surface area contributed by atoms with E-state index < -0.39 is 0 Å². The number of aromatic nitrogens is 1. The molecule has 2 aromatic rings. The van der Waals surface area contributed by atoms with E-state index in [9.17, 15) is 0 Å². The third-order valence-corrected chi connectivity index (χ3v) is 7.17. The molecular weight excluding hydrogens is 402 g/mol. The Labute approximate surface area is 191 Å². The fourth-order valence-corrected chi connectivity index (χ4v) is 5.53. The SMILES string of the molecule is COc1cc2c3c(c(C4CCOCC4)nc2cc1OCCCN1CCCC1)CC(C)(C)N3. The number of fused-ring (bicyclic) bond motifs is 3. The van der Waals surface area contributed by atoms with Crippen LogP contribution in [0.4, 0.5) is 5.69 Å². The van der Waals surface area contributed by atoms with Crippen LogP contribution in [-0.2, 0) is 11.2 Å². The molecular formula is C26H37N3O3. The van der Waals surface area contributed by atoms with Crippen molar-refractivity contribution in [1.29, 1.82) is 0 Å². The number of methoxy groups -OCH3 is 1. The third-order valence-electron chi connectivity index (χ3n) is 7.17. The maximum absolute atomic E-state index is 6.21. The summed E-state index contributed by atoms with van der Waals surface area (Å²) >= 11 is 0. The first kappa shape index (κ1) is 21.8. The monoisotopic (exact) mass is 439 g/mol. The molecule has 5 rings (SSSR count). The minimum atomic E-state index is 0.0240. The highest BCUT2D eigenvalue weighted by Gasteiger charge is 2.34. The first-order valence-electron chi connectivity index (χ1n) is 12.3. The van der Waals surface area contributed by atoms with Crippen LogP contribution in [0.2, 0.25) is 0 Å². The van der Waals surface area contributed by atoms with Crippen LogP contribution < -0.4 is 14.8 Å². The molecule has 32 heavy (non-hydrogen) atoms. The lowest BCUT2D eigenvalue weighted by molar-refractivity contribution is 0.0844. The molecule has 3 aliphatic rings. The van der Waals surface area contributed by atoms with Gasteiger partial charge in [0.25, 0.3) is 0 Å². The second-order valence-corrected chi connectivity index (χ2v) is 10.2. The minimum absolute atomic E-state index is 0.0240. The summed E-state index contributed by atoms with van der Waals surface area (Å²) in [4.78, 5) is 7.75. The van der Waals surface area contributed by atoms with E-state index in [0.29, 0.717) is 12.5 Å². The van der Waals surface area contributed by atoms with Crippen molar-refractivity contribution in [1.82, 2.24) is 9.88 Å². The molecule has 6 nitrogen and oxygen atoms in total. The van der Waals surface area contributed by atoms with Crippen LogP contribution in [0.25, 0.3) is 10.9 Å². The summed E-state index contributed by atoms with van der Waals surface area (Å²) in [7, 11) is 1.72. The summed E-state index contributed by atoms with van der Waals surface area (Å²) in [6.07, 6.45) is 6.77. The zero-order valence-electron chi connectivity index (χ0n) is 19.8. The molecule has 3 aliphatic heterocycles. The van der Waals surface area contributed by atoms with Crippen molar-refractivity contribution in [2.75, 3.05) is 51.9 Å². The van der Waals surface area contributed by atoms with Crippen LogP contribution in [0.1, 0.15) is 63.1 Å². The lowest BCUT2D eigenvalue weighted by atomic mass is 9.89. The van der Waals surface area contributed by atoms with Crippen LogP contribution in [0, 0.1) is 0 Å². The predicted octanol–water partition coefficient (Wildman–Crippen LogP) is 4.75. The molecule has 6 heteroatoms.